The third kappa shape index (κ3) is 5.63. The van der Waals surface area contributed by atoms with Gasteiger partial charge in [0.25, 0.3) is 0 Å². The fraction of sp³-hybridized carbons (Fsp3) is 0.720. The first-order valence-electron chi connectivity index (χ1n) is 11.3. The Morgan fingerprint density at radius 2 is 2.00 bits per heavy atom. The van der Waals surface area contributed by atoms with Gasteiger partial charge in [-0.1, -0.05) is 63.3 Å². The van der Waals surface area contributed by atoms with Gasteiger partial charge in [0.1, 0.15) is 0 Å². The van der Waals surface area contributed by atoms with Gasteiger partial charge >= 0.3 is 0 Å². The van der Waals surface area contributed by atoms with Crippen LogP contribution in [0.25, 0.3) is 0 Å². The van der Waals surface area contributed by atoms with E-state index in [9.17, 15) is 5.11 Å². The van der Waals surface area contributed by atoms with Gasteiger partial charge in [0, 0.05) is 43.5 Å². The molecule has 0 aromatic heterocycles. The molecule has 2 saturated carbocycles. The molecule has 1 aromatic rings. The maximum Gasteiger partial charge on any atom is 0.0846 e. The second kappa shape index (κ2) is 11.8. The van der Waals surface area contributed by atoms with Crippen molar-refractivity contribution in [2.45, 2.75) is 101 Å². The van der Waals surface area contributed by atoms with E-state index in [1.807, 2.05) is 0 Å². The van der Waals surface area contributed by atoms with Crippen LogP contribution in [0.1, 0.15) is 107 Å². The van der Waals surface area contributed by atoms with Gasteiger partial charge in [0.15, 0.2) is 0 Å². The number of hydrogen-bond acceptors (Lipinski definition) is 1. The molecule has 4 unspecified atom stereocenters. The van der Waals surface area contributed by atoms with Gasteiger partial charge in [-0.05, 0) is 61.5 Å². The van der Waals surface area contributed by atoms with Crippen molar-refractivity contribution in [2.24, 2.45) is 11.3 Å². The van der Waals surface area contributed by atoms with Crippen LogP contribution >= 0.6 is 11.6 Å². The second-order valence-electron chi connectivity index (χ2n) is 9.11. The smallest absolute Gasteiger partial charge is 0.0846 e. The van der Waals surface area contributed by atoms with Crippen molar-refractivity contribution in [3.8, 4) is 0 Å². The fourth-order valence-corrected chi connectivity index (χ4v) is 6.08. The first-order valence-corrected chi connectivity index (χ1v) is 11.8. The number of halogens is 1. The van der Waals surface area contributed by atoms with E-state index in [-0.39, 0.29) is 44.2 Å². The van der Waals surface area contributed by atoms with E-state index >= 15 is 0 Å². The Bertz CT molecular complexity index is 586. The zero-order valence-electron chi connectivity index (χ0n) is 17.7. The summed E-state index contributed by atoms with van der Waals surface area (Å²) in [6.07, 6.45) is 13.9. The molecule has 0 aliphatic heterocycles. The van der Waals surface area contributed by atoms with E-state index in [1.165, 1.54) is 56.9 Å². The zero-order valence-corrected chi connectivity index (χ0v) is 21.3. The summed E-state index contributed by atoms with van der Waals surface area (Å²) >= 11 is 6.72. The van der Waals surface area contributed by atoms with Gasteiger partial charge in [-0.2, -0.15) is 6.42 Å². The average molecular weight is 479 g/mol. The van der Waals surface area contributed by atoms with Crippen LogP contribution in [-0.2, 0) is 32.7 Å². The molecule has 0 spiro atoms. The standard InChI is InChI=1S/C25H38ClO.Y/c1-3-5-6-7-12-22-21(13-14-23(22)26)19-10-8-11-20(18-19)24(27)25(15-4-2)16-9-17-25;/h8,10-11,18,21-24,27H,1,3-7,9,12-17H2,2H3;/q-1;. The molecule has 4 atom stereocenters. The van der Waals surface area contributed by atoms with Crippen LogP contribution in [0, 0.1) is 18.3 Å². The summed E-state index contributed by atoms with van der Waals surface area (Å²) in [5.41, 5.74) is 2.67. The van der Waals surface area contributed by atoms with E-state index in [2.05, 4.69) is 38.1 Å². The Morgan fingerprint density at radius 1 is 1.21 bits per heavy atom. The fourth-order valence-electron chi connectivity index (χ4n) is 5.65. The van der Waals surface area contributed by atoms with Crippen molar-refractivity contribution in [3.05, 3.63) is 42.3 Å². The van der Waals surface area contributed by atoms with Crippen LogP contribution in [0.4, 0.5) is 0 Å². The van der Waals surface area contributed by atoms with Crippen molar-refractivity contribution < 1.29 is 37.8 Å². The molecule has 155 valence electrons. The first-order chi connectivity index (χ1) is 13.1. The molecule has 0 saturated heterocycles. The minimum Gasteiger partial charge on any atom is -0.388 e. The van der Waals surface area contributed by atoms with Gasteiger partial charge in [0.05, 0.1) is 6.10 Å². The van der Waals surface area contributed by atoms with Crippen LogP contribution in [0.3, 0.4) is 0 Å². The Balaban J connectivity index is 0.00000280. The Labute approximate surface area is 203 Å². The number of hydrogen-bond donors (Lipinski definition) is 1. The molecular formula is C25H38ClOY-. The molecular weight excluding hydrogens is 441 g/mol. The third-order valence-corrected chi connectivity index (χ3v) is 7.90. The maximum absolute atomic E-state index is 11.2. The van der Waals surface area contributed by atoms with E-state index in [4.69, 9.17) is 11.6 Å². The minimum atomic E-state index is -0.310. The maximum atomic E-state index is 11.2. The molecule has 0 bridgehead atoms. The summed E-state index contributed by atoms with van der Waals surface area (Å²) < 4.78 is 0. The predicted octanol–water partition coefficient (Wildman–Crippen LogP) is 7.57. The van der Waals surface area contributed by atoms with Crippen molar-refractivity contribution in [1.82, 2.24) is 0 Å². The average Bonchev–Trinajstić information content (AvgIpc) is 3.02. The molecule has 0 amide bonds. The van der Waals surface area contributed by atoms with E-state index in [1.54, 1.807) is 0 Å². The largest absolute Gasteiger partial charge is 0.388 e. The Hall–Kier alpha value is 0.574. The molecule has 1 radical (unpaired) electrons. The second-order valence-corrected chi connectivity index (χ2v) is 9.67. The summed E-state index contributed by atoms with van der Waals surface area (Å²) in [6, 6.07) is 8.88. The van der Waals surface area contributed by atoms with Crippen LogP contribution in [0.15, 0.2) is 24.3 Å². The number of alkyl halides is 1. The molecule has 2 fully saturated rings. The van der Waals surface area contributed by atoms with Gasteiger partial charge in [-0.25, -0.2) is 0 Å². The predicted molar refractivity (Wildman–Crippen MR) is 116 cm³/mol. The number of rotatable bonds is 10. The summed E-state index contributed by atoms with van der Waals surface area (Å²) in [6.45, 7) is 6.19. The molecule has 1 N–H and O–H groups in total. The van der Waals surface area contributed by atoms with Crippen LogP contribution in [-0.4, -0.2) is 10.5 Å². The van der Waals surface area contributed by atoms with E-state index in [0.29, 0.717) is 17.2 Å². The van der Waals surface area contributed by atoms with Crippen molar-refractivity contribution in [1.29, 1.82) is 0 Å². The number of aliphatic hydroxyl groups is 1. The molecule has 2 aliphatic carbocycles. The molecule has 28 heavy (non-hydrogen) atoms. The van der Waals surface area contributed by atoms with Crippen LogP contribution in [0.5, 0.6) is 0 Å². The van der Waals surface area contributed by atoms with Crippen molar-refractivity contribution in [3.63, 3.8) is 0 Å². The summed E-state index contributed by atoms with van der Waals surface area (Å²) in [7, 11) is 0. The number of aliphatic hydroxyl groups excluding tert-OH is 1. The Kier molecular flexibility index (Phi) is 10.5. The molecule has 1 nitrogen and oxygen atoms in total. The molecule has 3 rings (SSSR count). The quantitative estimate of drug-likeness (QED) is 0.209. The molecule has 3 heteroatoms. The Morgan fingerprint density at radius 3 is 2.64 bits per heavy atom. The number of benzene rings is 1. The van der Waals surface area contributed by atoms with Gasteiger partial charge in [0.2, 0.25) is 0 Å². The normalized spacial score (nSPS) is 27.1. The van der Waals surface area contributed by atoms with Gasteiger partial charge < -0.3 is 12.0 Å². The number of unbranched alkanes of at least 4 members (excludes halogenated alkanes) is 3. The van der Waals surface area contributed by atoms with Crippen molar-refractivity contribution >= 4 is 11.6 Å². The molecule has 2 aliphatic rings. The summed E-state index contributed by atoms with van der Waals surface area (Å²) in [5, 5.41) is 11.5. The van der Waals surface area contributed by atoms with Crippen LogP contribution < -0.4 is 0 Å². The van der Waals surface area contributed by atoms with Gasteiger partial charge in [-0.3, -0.25) is 0 Å². The van der Waals surface area contributed by atoms with Gasteiger partial charge in [-0.15, -0.1) is 11.6 Å². The third-order valence-electron chi connectivity index (χ3n) is 7.35. The summed E-state index contributed by atoms with van der Waals surface area (Å²) in [4.78, 5) is 0. The zero-order chi connectivity index (χ0) is 19.3. The van der Waals surface area contributed by atoms with E-state index in [0.717, 1.165) is 31.2 Å². The minimum absolute atomic E-state index is 0. The van der Waals surface area contributed by atoms with Crippen molar-refractivity contribution in [2.75, 3.05) is 0 Å². The molecule has 0 heterocycles. The monoisotopic (exact) mass is 478 g/mol. The topological polar surface area (TPSA) is 20.2 Å². The SMILES string of the molecule is [CH2-]CCCCCC1C(Cl)CCC1c1cccc(C(O)C2(CCC)CCC2)c1.[Y]. The first kappa shape index (κ1) is 24.8. The molecule has 1 aromatic carbocycles. The van der Waals surface area contributed by atoms with Crippen LogP contribution in [0.2, 0.25) is 0 Å². The van der Waals surface area contributed by atoms with E-state index < -0.39 is 0 Å². The summed E-state index contributed by atoms with van der Waals surface area (Å²) in [5.74, 6) is 1.14.